The summed E-state index contributed by atoms with van der Waals surface area (Å²) in [5, 5.41) is 16.1. The molecule has 6 nitrogen and oxygen atoms in total. The number of aryl methyl sites for hydroxylation is 2. The molecule has 0 saturated heterocycles. The van der Waals surface area contributed by atoms with Crippen molar-refractivity contribution in [2.24, 2.45) is 0 Å². The third-order valence-electron chi connectivity index (χ3n) is 3.77. The number of carbonyl (C=O) groups excluding carboxylic acids is 1. The SMILES string of the molecule is Cc1cc(C)n(-c2ccccc2NC(=O)COc2ccc(C#N)cc2)n1. The molecule has 6 heteroatoms. The molecule has 0 radical (unpaired) electrons. The topological polar surface area (TPSA) is 79.9 Å². The Morgan fingerprint density at radius 1 is 1.19 bits per heavy atom. The van der Waals surface area contributed by atoms with Crippen LogP contribution in [0.15, 0.2) is 54.6 Å². The first-order chi connectivity index (χ1) is 12.6. The van der Waals surface area contributed by atoms with E-state index in [2.05, 4.69) is 10.4 Å². The Morgan fingerprint density at radius 3 is 2.58 bits per heavy atom. The van der Waals surface area contributed by atoms with E-state index in [4.69, 9.17) is 10.00 Å². The average molecular weight is 346 g/mol. The van der Waals surface area contributed by atoms with Gasteiger partial charge in [0.25, 0.3) is 5.91 Å². The van der Waals surface area contributed by atoms with Crippen molar-refractivity contribution in [3.8, 4) is 17.5 Å². The maximum Gasteiger partial charge on any atom is 0.262 e. The van der Waals surface area contributed by atoms with Crippen LogP contribution in [0.4, 0.5) is 5.69 Å². The summed E-state index contributed by atoms with van der Waals surface area (Å²) in [5.41, 5.74) is 3.89. The molecular formula is C20H18N4O2. The minimum atomic E-state index is -0.275. The second kappa shape index (κ2) is 7.53. The number of ether oxygens (including phenoxy) is 1. The predicted octanol–water partition coefficient (Wildman–Crippen LogP) is 3.38. The molecule has 0 fully saturated rings. The molecular weight excluding hydrogens is 328 g/mol. The first-order valence-electron chi connectivity index (χ1n) is 8.12. The molecule has 0 saturated carbocycles. The molecule has 0 bridgehead atoms. The molecule has 0 atom stereocenters. The summed E-state index contributed by atoms with van der Waals surface area (Å²) in [6.45, 7) is 3.76. The first-order valence-corrected chi connectivity index (χ1v) is 8.12. The van der Waals surface area contributed by atoms with Gasteiger partial charge in [-0.3, -0.25) is 4.79 Å². The molecule has 1 heterocycles. The van der Waals surface area contributed by atoms with Gasteiger partial charge < -0.3 is 10.1 Å². The molecule has 0 spiro atoms. The number of nitriles is 1. The summed E-state index contributed by atoms with van der Waals surface area (Å²) in [4.78, 5) is 12.3. The maximum absolute atomic E-state index is 12.3. The fourth-order valence-corrected chi connectivity index (χ4v) is 2.60. The number of para-hydroxylation sites is 2. The lowest BCUT2D eigenvalue weighted by Gasteiger charge is -2.13. The van der Waals surface area contributed by atoms with E-state index in [0.29, 0.717) is 17.0 Å². The summed E-state index contributed by atoms with van der Waals surface area (Å²) in [5.74, 6) is 0.259. The van der Waals surface area contributed by atoms with Crippen molar-refractivity contribution >= 4 is 11.6 Å². The van der Waals surface area contributed by atoms with Gasteiger partial charge >= 0.3 is 0 Å². The Balaban J connectivity index is 1.70. The highest BCUT2D eigenvalue weighted by Gasteiger charge is 2.11. The van der Waals surface area contributed by atoms with Gasteiger partial charge in [0.05, 0.1) is 28.7 Å². The second-order valence-electron chi connectivity index (χ2n) is 5.83. The van der Waals surface area contributed by atoms with E-state index in [1.165, 1.54) is 0 Å². The average Bonchev–Trinajstić information content (AvgIpc) is 2.99. The standard InChI is InChI=1S/C20H18N4O2/c1-14-11-15(2)24(23-14)19-6-4-3-5-18(19)22-20(25)13-26-17-9-7-16(12-21)8-10-17/h3-11H,13H2,1-2H3,(H,22,25). The molecule has 0 aliphatic carbocycles. The van der Waals surface area contributed by atoms with E-state index in [1.807, 2.05) is 50.2 Å². The molecule has 0 unspecified atom stereocenters. The highest BCUT2D eigenvalue weighted by molar-refractivity contribution is 5.93. The van der Waals surface area contributed by atoms with Crippen LogP contribution in [0.25, 0.3) is 5.69 Å². The summed E-state index contributed by atoms with van der Waals surface area (Å²) in [7, 11) is 0. The van der Waals surface area contributed by atoms with Crippen molar-refractivity contribution in [1.82, 2.24) is 9.78 Å². The molecule has 0 aliphatic heterocycles. The number of hydrogen-bond donors (Lipinski definition) is 1. The molecule has 2 aromatic carbocycles. The van der Waals surface area contributed by atoms with Crippen molar-refractivity contribution in [2.45, 2.75) is 13.8 Å². The number of nitrogens with zero attached hydrogens (tertiary/aromatic N) is 3. The van der Waals surface area contributed by atoms with Gasteiger partial charge in [0, 0.05) is 5.69 Å². The maximum atomic E-state index is 12.3. The van der Waals surface area contributed by atoms with Gasteiger partial charge in [-0.1, -0.05) is 12.1 Å². The third kappa shape index (κ3) is 3.90. The van der Waals surface area contributed by atoms with Gasteiger partial charge in [0.15, 0.2) is 6.61 Å². The van der Waals surface area contributed by atoms with Gasteiger partial charge in [-0.25, -0.2) is 4.68 Å². The molecule has 130 valence electrons. The van der Waals surface area contributed by atoms with Crippen LogP contribution in [0.5, 0.6) is 5.75 Å². The van der Waals surface area contributed by atoms with E-state index in [0.717, 1.165) is 17.1 Å². The summed E-state index contributed by atoms with van der Waals surface area (Å²) >= 11 is 0. The minimum Gasteiger partial charge on any atom is -0.484 e. The quantitative estimate of drug-likeness (QED) is 0.768. The number of anilines is 1. The lowest BCUT2D eigenvalue weighted by atomic mass is 10.2. The van der Waals surface area contributed by atoms with Crippen LogP contribution >= 0.6 is 0 Å². The van der Waals surface area contributed by atoms with Crippen molar-refractivity contribution in [2.75, 3.05) is 11.9 Å². The summed E-state index contributed by atoms with van der Waals surface area (Å²) < 4.78 is 7.27. The number of rotatable bonds is 5. The highest BCUT2D eigenvalue weighted by atomic mass is 16.5. The fourth-order valence-electron chi connectivity index (χ4n) is 2.60. The Bertz CT molecular complexity index is 968. The highest BCUT2D eigenvalue weighted by Crippen LogP contribution is 2.21. The summed E-state index contributed by atoms with van der Waals surface area (Å²) in [6.07, 6.45) is 0. The van der Waals surface area contributed by atoms with Crippen LogP contribution in [-0.2, 0) is 4.79 Å². The number of amides is 1. The number of benzene rings is 2. The minimum absolute atomic E-state index is 0.128. The van der Waals surface area contributed by atoms with E-state index in [1.54, 1.807) is 28.9 Å². The zero-order valence-electron chi connectivity index (χ0n) is 14.6. The van der Waals surface area contributed by atoms with Gasteiger partial charge in [0.2, 0.25) is 0 Å². The smallest absolute Gasteiger partial charge is 0.262 e. The molecule has 26 heavy (non-hydrogen) atoms. The molecule has 1 amide bonds. The molecule has 3 aromatic rings. The predicted molar refractivity (Wildman–Crippen MR) is 98.3 cm³/mol. The molecule has 3 rings (SSSR count). The lowest BCUT2D eigenvalue weighted by Crippen LogP contribution is -2.21. The Morgan fingerprint density at radius 2 is 1.92 bits per heavy atom. The Kier molecular flexibility index (Phi) is 4.99. The van der Waals surface area contributed by atoms with E-state index < -0.39 is 0 Å². The zero-order chi connectivity index (χ0) is 18.5. The largest absolute Gasteiger partial charge is 0.484 e. The van der Waals surface area contributed by atoms with Crippen LogP contribution in [0.3, 0.4) is 0 Å². The lowest BCUT2D eigenvalue weighted by molar-refractivity contribution is -0.118. The van der Waals surface area contributed by atoms with Crippen molar-refractivity contribution in [3.63, 3.8) is 0 Å². The number of aromatic nitrogens is 2. The van der Waals surface area contributed by atoms with E-state index >= 15 is 0 Å². The van der Waals surface area contributed by atoms with Gasteiger partial charge in [-0.15, -0.1) is 0 Å². The van der Waals surface area contributed by atoms with Crippen LogP contribution in [0.1, 0.15) is 17.0 Å². The van der Waals surface area contributed by atoms with Crippen LogP contribution < -0.4 is 10.1 Å². The number of nitrogens with one attached hydrogen (secondary N) is 1. The van der Waals surface area contributed by atoms with Crippen LogP contribution in [0.2, 0.25) is 0 Å². The third-order valence-corrected chi connectivity index (χ3v) is 3.77. The van der Waals surface area contributed by atoms with Gasteiger partial charge in [0.1, 0.15) is 5.75 Å². The van der Waals surface area contributed by atoms with Crippen molar-refractivity contribution < 1.29 is 9.53 Å². The fraction of sp³-hybridized carbons (Fsp3) is 0.150. The molecule has 1 N–H and O–H groups in total. The monoisotopic (exact) mass is 346 g/mol. The Labute approximate surface area is 151 Å². The van der Waals surface area contributed by atoms with Crippen molar-refractivity contribution in [1.29, 1.82) is 5.26 Å². The Hall–Kier alpha value is -3.59. The van der Waals surface area contributed by atoms with Crippen LogP contribution in [0, 0.1) is 25.2 Å². The van der Waals surface area contributed by atoms with Gasteiger partial charge in [-0.2, -0.15) is 10.4 Å². The molecule has 1 aromatic heterocycles. The van der Waals surface area contributed by atoms with Crippen molar-refractivity contribution in [3.05, 3.63) is 71.5 Å². The second-order valence-corrected chi connectivity index (χ2v) is 5.83. The number of hydrogen-bond acceptors (Lipinski definition) is 4. The number of carbonyl (C=O) groups is 1. The zero-order valence-corrected chi connectivity index (χ0v) is 14.6. The van der Waals surface area contributed by atoms with Crippen LogP contribution in [-0.4, -0.2) is 22.3 Å². The van der Waals surface area contributed by atoms with E-state index in [-0.39, 0.29) is 12.5 Å². The molecule has 0 aliphatic rings. The first kappa shape index (κ1) is 17.2. The van der Waals surface area contributed by atoms with Gasteiger partial charge in [-0.05, 0) is 56.3 Å². The normalized spacial score (nSPS) is 10.2. The van der Waals surface area contributed by atoms with E-state index in [9.17, 15) is 4.79 Å². The summed E-state index contributed by atoms with van der Waals surface area (Å²) in [6, 6.07) is 18.1.